The van der Waals surface area contributed by atoms with Crippen molar-refractivity contribution in [1.29, 1.82) is 0 Å². The van der Waals surface area contributed by atoms with Crippen molar-refractivity contribution in [3.05, 3.63) is 72.6 Å². The molecule has 0 bridgehead atoms. The fourth-order valence-electron chi connectivity index (χ4n) is 3.48. The van der Waals surface area contributed by atoms with E-state index >= 15 is 0 Å². The van der Waals surface area contributed by atoms with Crippen LogP contribution in [0.4, 0.5) is 5.69 Å². The highest BCUT2D eigenvalue weighted by molar-refractivity contribution is 5.60. The molecule has 1 fully saturated rings. The van der Waals surface area contributed by atoms with Gasteiger partial charge in [-0.15, -0.1) is 0 Å². The van der Waals surface area contributed by atoms with E-state index in [0.29, 0.717) is 13.2 Å². The van der Waals surface area contributed by atoms with Crippen LogP contribution in [0, 0.1) is 0 Å². The first-order chi connectivity index (χ1) is 13.3. The lowest BCUT2D eigenvalue weighted by molar-refractivity contribution is 0.113. The number of rotatable bonds is 6. The van der Waals surface area contributed by atoms with Crippen LogP contribution in [-0.4, -0.2) is 31.4 Å². The van der Waals surface area contributed by atoms with E-state index in [2.05, 4.69) is 40.1 Å². The monoisotopic (exact) mass is 364 g/mol. The van der Waals surface area contributed by atoms with Crippen molar-refractivity contribution in [2.75, 3.05) is 31.8 Å². The number of methoxy groups -OCH3 is 1. The first kappa shape index (κ1) is 17.5. The van der Waals surface area contributed by atoms with Gasteiger partial charge in [-0.2, -0.15) is 0 Å². The molecule has 140 valence electrons. The van der Waals surface area contributed by atoms with Gasteiger partial charge in [-0.3, -0.25) is 0 Å². The highest BCUT2D eigenvalue weighted by Gasteiger charge is 2.29. The average molecular weight is 364 g/mol. The number of benzene rings is 2. The van der Waals surface area contributed by atoms with Crippen LogP contribution in [0.1, 0.15) is 18.7 Å². The molecule has 5 nitrogen and oxygen atoms in total. The van der Waals surface area contributed by atoms with E-state index in [1.165, 1.54) is 0 Å². The Hall–Kier alpha value is -2.92. The topological polar surface area (TPSA) is 35.9 Å². The molecule has 4 rings (SSSR count). The second kappa shape index (κ2) is 7.76. The molecular weight excluding hydrogens is 340 g/mol. The van der Waals surface area contributed by atoms with Crippen LogP contribution in [0.3, 0.4) is 0 Å². The maximum atomic E-state index is 6.05. The highest BCUT2D eigenvalue weighted by atomic mass is 16.5. The van der Waals surface area contributed by atoms with Gasteiger partial charge in [-0.25, -0.2) is 0 Å². The minimum absolute atomic E-state index is 0.127. The Morgan fingerprint density at radius 1 is 1.11 bits per heavy atom. The lowest BCUT2D eigenvalue weighted by atomic mass is 10.2. The number of hydrogen-bond acceptors (Lipinski definition) is 4. The van der Waals surface area contributed by atoms with Crippen molar-refractivity contribution >= 4 is 5.69 Å². The summed E-state index contributed by atoms with van der Waals surface area (Å²) in [5.41, 5.74) is 3.22. The summed E-state index contributed by atoms with van der Waals surface area (Å²) in [6.45, 7) is 4.16. The lowest BCUT2D eigenvalue weighted by Crippen LogP contribution is -2.23. The van der Waals surface area contributed by atoms with E-state index in [1.54, 1.807) is 7.11 Å². The van der Waals surface area contributed by atoms with E-state index < -0.39 is 0 Å². The zero-order chi connectivity index (χ0) is 18.6. The van der Waals surface area contributed by atoms with Crippen molar-refractivity contribution in [2.45, 2.75) is 13.2 Å². The number of anilines is 1. The summed E-state index contributed by atoms with van der Waals surface area (Å²) in [5, 5.41) is 0. The smallest absolute Gasteiger partial charge is 0.158 e. The molecule has 0 N–H and O–H groups in total. The third-order valence-electron chi connectivity index (χ3n) is 4.71. The van der Waals surface area contributed by atoms with E-state index in [4.69, 9.17) is 14.2 Å². The minimum atomic E-state index is -0.127. The molecule has 1 aliphatic heterocycles. The number of para-hydroxylation sites is 2. The molecule has 1 aromatic heterocycles. The van der Waals surface area contributed by atoms with Gasteiger partial charge in [0.25, 0.3) is 0 Å². The van der Waals surface area contributed by atoms with Crippen LogP contribution in [0.25, 0.3) is 5.69 Å². The van der Waals surface area contributed by atoms with Crippen molar-refractivity contribution < 1.29 is 14.2 Å². The first-order valence-electron chi connectivity index (χ1n) is 9.22. The third kappa shape index (κ3) is 3.51. The minimum Gasteiger partial charge on any atom is -0.495 e. The summed E-state index contributed by atoms with van der Waals surface area (Å²) >= 11 is 0. The second-order valence-electron chi connectivity index (χ2n) is 6.37. The van der Waals surface area contributed by atoms with E-state index in [0.717, 1.165) is 35.0 Å². The van der Waals surface area contributed by atoms with Gasteiger partial charge in [0.1, 0.15) is 11.5 Å². The van der Waals surface area contributed by atoms with Crippen molar-refractivity contribution in [1.82, 2.24) is 4.57 Å². The van der Waals surface area contributed by atoms with Crippen LogP contribution in [0.2, 0.25) is 0 Å². The highest BCUT2D eigenvalue weighted by Crippen LogP contribution is 2.37. The van der Waals surface area contributed by atoms with Crippen LogP contribution < -0.4 is 14.4 Å². The SMILES string of the molecule is CCOc1cccc(-n2ccc(C3OCCN3c3ccccc3OC)c2)c1. The third-order valence-corrected chi connectivity index (χ3v) is 4.71. The Labute approximate surface area is 159 Å². The van der Waals surface area contributed by atoms with Gasteiger partial charge in [-0.05, 0) is 37.3 Å². The number of aromatic nitrogens is 1. The fourth-order valence-corrected chi connectivity index (χ4v) is 3.48. The summed E-state index contributed by atoms with van der Waals surface area (Å²) < 4.78 is 19.3. The standard InChI is InChI=1S/C22H24N2O3/c1-3-26-19-8-6-7-18(15-19)23-12-11-17(16-23)22-24(13-14-27-22)20-9-4-5-10-21(20)25-2/h4-12,15-16,22H,3,13-14H2,1-2H3. The van der Waals surface area contributed by atoms with Crippen LogP contribution >= 0.6 is 0 Å². The van der Waals surface area contributed by atoms with Crippen LogP contribution in [0.5, 0.6) is 11.5 Å². The molecule has 1 atom stereocenters. The molecule has 5 heteroatoms. The van der Waals surface area contributed by atoms with Gasteiger partial charge in [0.15, 0.2) is 6.23 Å². The van der Waals surface area contributed by atoms with E-state index in [1.807, 2.05) is 43.3 Å². The molecule has 1 saturated heterocycles. The zero-order valence-electron chi connectivity index (χ0n) is 15.7. The van der Waals surface area contributed by atoms with Gasteiger partial charge in [0, 0.05) is 36.3 Å². The molecule has 0 amide bonds. The Balaban J connectivity index is 1.61. The molecule has 0 radical (unpaired) electrons. The van der Waals surface area contributed by atoms with Crippen molar-refractivity contribution in [3.63, 3.8) is 0 Å². The van der Waals surface area contributed by atoms with Gasteiger partial charge in [0.05, 0.1) is 26.0 Å². The number of nitrogens with zero attached hydrogens (tertiary/aromatic N) is 2. The van der Waals surface area contributed by atoms with Gasteiger partial charge < -0.3 is 23.7 Å². The van der Waals surface area contributed by atoms with Crippen molar-refractivity contribution in [2.24, 2.45) is 0 Å². The molecule has 27 heavy (non-hydrogen) atoms. The zero-order valence-corrected chi connectivity index (χ0v) is 15.7. The molecule has 0 spiro atoms. The molecule has 0 saturated carbocycles. The maximum Gasteiger partial charge on any atom is 0.158 e. The van der Waals surface area contributed by atoms with E-state index in [-0.39, 0.29) is 6.23 Å². The Morgan fingerprint density at radius 2 is 2.00 bits per heavy atom. The summed E-state index contributed by atoms with van der Waals surface area (Å²) in [6, 6.07) is 18.3. The van der Waals surface area contributed by atoms with Gasteiger partial charge in [-0.1, -0.05) is 18.2 Å². The average Bonchev–Trinajstić information content (AvgIpc) is 3.38. The maximum absolute atomic E-state index is 6.05. The molecule has 1 unspecified atom stereocenters. The van der Waals surface area contributed by atoms with Crippen molar-refractivity contribution in [3.8, 4) is 17.2 Å². The molecular formula is C22H24N2O3. The van der Waals surface area contributed by atoms with Gasteiger partial charge >= 0.3 is 0 Å². The Kier molecular flexibility index (Phi) is 5.03. The van der Waals surface area contributed by atoms with E-state index in [9.17, 15) is 0 Å². The molecule has 2 heterocycles. The van der Waals surface area contributed by atoms with Crippen LogP contribution in [0.15, 0.2) is 67.0 Å². The lowest BCUT2D eigenvalue weighted by Gasteiger charge is -2.26. The summed E-state index contributed by atoms with van der Waals surface area (Å²) in [6.07, 6.45) is 4.05. The first-order valence-corrected chi connectivity index (χ1v) is 9.22. The fraction of sp³-hybridized carbons (Fsp3) is 0.273. The molecule has 0 aliphatic carbocycles. The Bertz CT molecular complexity index is 906. The normalized spacial score (nSPS) is 16.5. The number of ether oxygens (including phenoxy) is 3. The predicted molar refractivity (Wildman–Crippen MR) is 106 cm³/mol. The molecule has 3 aromatic rings. The summed E-state index contributed by atoms with van der Waals surface area (Å²) in [7, 11) is 1.70. The number of hydrogen-bond donors (Lipinski definition) is 0. The quantitative estimate of drug-likeness (QED) is 0.649. The summed E-state index contributed by atoms with van der Waals surface area (Å²) in [5.74, 6) is 1.73. The summed E-state index contributed by atoms with van der Waals surface area (Å²) in [4.78, 5) is 2.25. The Morgan fingerprint density at radius 3 is 2.85 bits per heavy atom. The predicted octanol–water partition coefficient (Wildman–Crippen LogP) is 4.42. The second-order valence-corrected chi connectivity index (χ2v) is 6.37. The van der Waals surface area contributed by atoms with Gasteiger partial charge in [0.2, 0.25) is 0 Å². The van der Waals surface area contributed by atoms with Crippen LogP contribution in [-0.2, 0) is 4.74 Å². The molecule has 2 aromatic carbocycles. The largest absolute Gasteiger partial charge is 0.495 e. The molecule has 1 aliphatic rings.